The normalized spacial score (nSPS) is 44.3. The van der Waals surface area contributed by atoms with Crippen LogP contribution in [0.5, 0.6) is 0 Å². The van der Waals surface area contributed by atoms with Crippen LogP contribution in [-0.2, 0) is 19.1 Å². The molecule has 0 bridgehead atoms. The Balaban J connectivity index is 1.45. The Morgan fingerprint density at radius 2 is 1.83 bits per heavy atom. The first-order chi connectivity index (χ1) is 16.5. The number of aldehydes is 1. The monoisotopic (exact) mass is 490 g/mol. The fourth-order valence-corrected chi connectivity index (χ4v) is 9.41. The van der Waals surface area contributed by atoms with E-state index in [9.17, 15) is 14.4 Å². The number of carboxylic acids is 1. The third-order valence-corrected chi connectivity index (χ3v) is 11.4. The molecule has 5 N–H and O–H groups in total. The predicted molar refractivity (Wildman–Crippen MR) is 133 cm³/mol. The van der Waals surface area contributed by atoms with E-state index in [1.165, 1.54) is 12.8 Å². The van der Waals surface area contributed by atoms with Gasteiger partial charge in [-0.05, 0) is 105 Å². The molecule has 4 aliphatic carbocycles. The standard InChI is InChI=1S/C28H46N2O5/c1-17(5-4-14-31)20-10-13-28(30)22-7-6-18-15-19(35-25(34)23(29)16-24(32)33)8-11-26(18,2)21(22)9-12-27(20,28)3/h14,17-23H,4-13,15-16,29-30H2,1-3H3,(H,32,33). The van der Waals surface area contributed by atoms with Gasteiger partial charge in [-0.3, -0.25) is 9.59 Å². The molecule has 4 saturated carbocycles. The van der Waals surface area contributed by atoms with Crippen LogP contribution in [-0.4, -0.2) is 41.0 Å². The van der Waals surface area contributed by atoms with E-state index in [0.717, 1.165) is 57.7 Å². The van der Waals surface area contributed by atoms with Crippen LogP contribution in [0.2, 0.25) is 0 Å². The number of rotatable bonds is 8. The van der Waals surface area contributed by atoms with Gasteiger partial charge in [-0.2, -0.15) is 0 Å². The number of carbonyl (C=O) groups excluding carboxylic acids is 2. The van der Waals surface area contributed by atoms with Crippen molar-refractivity contribution in [2.45, 2.75) is 116 Å². The molecule has 0 amide bonds. The molecule has 0 heterocycles. The Morgan fingerprint density at radius 1 is 1.09 bits per heavy atom. The molecular formula is C28H46N2O5. The Hall–Kier alpha value is -1.47. The third kappa shape index (κ3) is 4.45. The predicted octanol–water partition coefficient (Wildman–Crippen LogP) is 4.06. The Kier molecular flexibility index (Phi) is 7.42. The molecule has 0 radical (unpaired) electrons. The minimum Gasteiger partial charge on any atom is -0.481 e. The summed E-state index contributed by atoms with van der Waals surface area (Å²) >= 11 is 0. The summed E-state index contributed by atoms with van der Waals surface area (Å²) in [5.74, 6) is 1.03. The summed E-state index contributed by atoms with van der Waals surface area (Å²) in [6.07, 6.45) is 11.6. The number of aliphatic carboxylic acids is 1. The lowest BCUT2D eigenvalue weighted by Crippen LogP contribution is -2.66. The Morgan fingerprint density at radius 3 is 2.51 bits per heavy atom. The van der Waals surface area contributed by atoms with Gasteiger partial charge in [0.25, 0.3) is 0 Å². The van der Waals surface area contributed by atoms with Crippen molar-refractivity contribution in [1.82, 2.24) is 0 Å². The van der Waals surface area contributed by atoms with Crippen molar-refractivity contribution < 1.29 is 24.2 Å². The molecule has 198 valence electrons. The second kappa shape index (κ2) is 9.77. The molecule has 0 spiro atoms. The molecule has 0 aromatic rings. The van der Waals surface area contributed by atoms with Gasteiger partial charge in [-0.1, -0.05) is 20.8 Å². The maximum absolute atomic E-state index is 12.3. The van der Waals surface area contributed by atoms with Crippen LogP contribution in [0.25, 0.3) is 0 Å². The van der Waals surface area contributed by atoms with Crippen molar-refractivity contribution in [3.05, 3.63) is 0 Å². The SMILES string of the molecule is CC(CCC=O)C1CCC2(N)C3CCC4CC(OC(=O)C(N)CC(=O)O)CCC4(C)C3CCC12C. The summed E-state index contributed by atoms with van der Waals surface area (Å²) in [7, 11) is 0. The quantitative estimate of drug-likeness (QED) is 0.345. The number of ether oxygens (including phenoxy) is 1. The van der Waals surface area contributed by atoms with Crippen molar-refractivity contribution in [2.24, 2.45) is 51.9 Å². The minimum absolute atomic E-state index is 0.132. The van der Waals surface area contributed by atoms with Crippen LogP contribution in [0.1, 0.15) is 97.8 Å². The largest absolute Gasteiger partial charge is 0.481 e. The fraction of sp³-hybridized carbons (Fsp3) is 0.893. The topological polar surface area (TPSA) is 133 Å². The summed E-state index contributed by atoms with van der Waals surface area (Å²) in [5.41, 5.74) is 13.4. The summed E-state index contributed by atoms with van der Waals surface area (Å²) in [4.78, 5) is 34.2. The average Bonchev–Trinajstić information content (AvgIpc) is 3.08. The maximum atomic E-state index is 12.3. The lowest BCUT2D eigenvalue weighted by molar-refractivity contribution is -0.167. The van der Waals surface area contributed by atoms with E-state index in [1.54, 1.807) is 0 Å². The van der Waals surface area contributed by atoms with E-state index >= 15 is 0 Å². The Bertz CT molecular complexity index is 834. The van der Waals surface area contributed by atoms with Crippen molar-refractivity contribution in [3.63, 3.8) is 0 Å². The van der Waals surface area contributed by atoms with Gasteiger partial charge in [0.05, 0.1) is 6.42 Å². The minimum atomic E-state index is -1.10. The van der Waals surface area contributed by atoms with E-state index in [1.807, 2.05) is 0 Å². The van der Waals surface area contributed by atoms with Crippen LogP contribution in [0, 0.1) is 40.4 Å². The molecule has 0 saturated heterocycles. The van der Waals surface area contributed by atoms with Gasteiger partial charge in [0.1, 0.15) is 18.4 Å². The number of carboxylic acid groups (broad SMARTS) is 1. The van der Waals surface area contributed by atoms with Crippen LogP contribution in [0.4, 0.5) is 0 Å². The number of nitrogens with two attached hydrogens (primary N) is 2. The van der Waals surface area contributed by atoms with Crippen LogP contribution < -0.4 is 11.5 Å². The highest BCUT2D eigenvalue weighted by Crippen LogP contribution is 2.69. The zero-order valence-electron chi connectivity index (χ0n) is 21.8. The lowest BCUT2D eigenvalue weighted by Gasteiger charge is -2.64. The maximum Gasteiger partial charge on any atom is 0.323 e. The van der Waals surface area contributed by atoms with Gasteiger partial charge in [0, 0.05) is 12.0 Å². The molecule has 0 aromatic heterocycles. The summed E-state index contributed by atoms with van der Waals surface area (Å²) in [6.45, 7) is 7.22. The average molecular weight is 491 g/mol. The second-order valence-electron chi connectivity index (χ2n) is 12.9. The van der Waals surface area contributed by atoms with Gasteiger partial charge in [-0.25, -0.2) is 0 Å². The van der Waals surface area contributed by atoms with E-state index in [0.29, 0.717) is 36.0 Å². The first-order valence-corrected chi connectivity index (χ1v) is 13.9. The summed E-state index contributed by atoms with van der Waals surface area (Å²) in [5, 5.41) is 8.91. The van der Waals surface area contributed by atoms with Gasteiger partial charge in [0.15, 0.2) is 0 Å². The number of carbonyl (C=O) groups is 3. The van der Waals surface area contributed by atoms with Crippen LogP contribution in [0.15, 0.2) is 0 Å². The molecule has 4 fully saturated rings. The molecule has 7 heteroatoms. The van der Waals surface area contributed by atoms with Crippen molar-refractivity contribution in [1.29, 1.82) is 0 Å². The van der Waals surface area contributed by atoms with Crippen molar-refractivity contribution in [3.8, 4) is 0 Å². The highest BCUT2D eigenvalue weighted by molar-refractivity contribution is 5.81. The van der Waals surface area contributed by atoms with Gasteiger partial charge >= 0.3 is 11.9 Å². The van der Waals surface area contributed by atoms with E-state index in [4.69, 9.17) is 21.3 Å². The van der Waals surface area contributed by atoms with Crippen LogP contribution in [0.3, 0.4) is 0 Å². The summed E-state index contributed by atoms with van der Waals surface area (Å²) < 4.78 is 5.69. The number of fused-ring (bicyclic) bond motifs is 5. The zero-order chi connectivity index (χ0) is 25.6. The molecule has 0 aliphatic heterocycles. The Labute approximate surface area is 210 Å². The summed E-state index contributed by atoms with van der Waals surface area (Å²) in [6, 6.07) is -1.10. The number of esters is 1. The molecule has 4 aliphatic rings. The first-order valence-electron chi connectivity index (χ1n) is 13.9. The fourth-order valence-electron chi connectivity index (χ4n) is 9.41. The second-order valence-corrected chi connectivity index (χ2v) is 12.9. The highest BCUT2D eigenvalue weighted by Gasteiger charge is 2.66. The smallest absolute Gasteiger partial charge is 0.323 e. The van der Waals surface area contributed by atoms with Crippen molar-refractivity contribution in [2.75, 3.05) is 0 Å². The molecule has 10 unspecified atom stereocenters. The molecule has 35 heavy (non-hydrogen) atoms. The number of hydrogen-bond acceptors (Lipinski definition) is 6. The zero-order valence-corrected chi connectivity index (χ0v) is 21.8. The van der Waals surface area contributed by atoms with E-state index < -0.39 is 24.4 Å². The van der Waals surface area contributed by atoms with E-state index in [-0.39, 0.29) is 22.5 Å². The molecule has 0 aromatic carbocycles. The number of hydrogen-bond donors (Lipinski definition) is 3. The molecular weight excluding hydrogens is 444 g/mol. The van der Waals surface area contributed by atoms with Crippen molar-refractivity contribution >= 4 is 18.2 Å². The van der Waals surface area contributed by atoms with Gasteiger partial charge < -0.3 is 26.1 Å². The van der Waals surface area contributed by atoms with Crippen LogP contribution >= 0.6 is 0 Å². The molecule has 7 nitrogen and oxygen atoms in total. The highest BCUT2D eigenvalue weighted by atomic mass is 16.5. The lowest BCUT2D eigenvalue weighted by atomic mass is 9.42. The van der Waals surface area contributed by atoms with Gasteiger partial charge in [0.2, 0.25) is 0 Å². The molecule has 4 rings (SSSR count). The first kappa shape index (κ1) is 26.6. The van der Waals surface area contributed by atoms with Gasteiger partial charge in [-0.15, -0.1) is 0 Å². The van der Waals surface area contributed by atoms with E-state index in [2.05, 4.69) is 20.8 Å². The third-order valence-electron chi connectivity index (χ3n) is 11.4. The molecule has 10 atom stereocenters.